The van der Waals surface area contributed by atoms with Crippen LogP contribution in [0, 0.1) is 0 Å². The summed E-state index contributed by atoms with van der Waals surface area (Å²) in [5, 5.41) is 4.52. The van der Waals surface area contributed by atoms with Gasteiger partial charge >= 0.3 is 0 Å². The fourth-order valence-corrected chi connectivity index (χ4v) is 2.33. The van der Waals surface area contributed by atoms with Crippen molar-refractivity contribution in [1.29, 1.82) is 0 Å². The first kappa shape index (κ1) is 16.0. The van der Waals surface area contributed by atoms with Crippen molar-refractivity contribution >= 4 is 28.9 Å². The minimum absolute atomic E-state index is 0.551. The van der Waals surface area contributed by atoms with Crippen LogP contribution < -0.4 is 10.1 Å². The van der Waals surface area contributed by atoms with Crippen LogP contribution in [0.2, 0.25) is 10.0 Å². The van der Waals surface area contributed by atoms with Gasteiger partial charge in [0.1, 0.15) is 12.4 Å². The largest absolute Gasteiger partial charge is 0.491 e. The van der Waals surface area contributed by atoms with Gasteiger partial charge < -0.3 is 14.8 Å². The van der Waals surface area contributed by atoms with Crippen molar-refractivity contribution in [2.75, 3.05) is 25.6 Å². The highest BCUT2D eigenvalue weighted by atomic mass is 35.5. The van der Waals surface area contributed by atoms with Crippen LogP contribution in [0.3, 0.4) is 0 Å². The molecular weight excluding hydrogens is 309 g/mol. The number of hydrogen-bond donors (Lipinski definition) is 1. The highest BCUT2D eigenvalue weighted by Crippen LogP contribution is 2.23. The molecule has 0 aliphatic rings. The molecule has 0 amide bonds. The van der Waals surface area contributed by atoms with Gasteiger partial charge in [-0.3, -0.25) is 0 Å². The van der Waals surface area contributed by atoms with Crippen LogP contribution in [-0.2, 0) is 11.3 Å². The number of hydrogen-bond acceptors (Lipinski definition) is 3. The van der Waals surface area contributed by atoms with E-state index in [-0.39, 0.29) is 0 Å². The zero-order valence-electron chi connectivity index (χ0n) is 11.7. The second-order valence-corrected chi connectivity index (χ2v) is 5.37. The van der Waals surface area contributed by atoms with E-state index in [1.165, 1.54) is 0 Å². The maximum Gasteiger partial charge on any atom is 0.119 e. The van der Waals surface area contributed by atoms with E-state index in [4.69, 9.17) is 32.7 Å². The number of anilines is 1. The molecular formula is C16H17Cl2NO2. The van der Waals surface area contributed by atoms with Gasteiger partial charge in [-0.1, -0.05) is 35.3 Å². The Bertz CT molecular complexity index is 553. The molecule has 0 aliphatic heterocycles. The van der Waals surface area contributed by atoms with Crippen LogP contribution in [0.4, 0.5) is 5.69 Å². The third-order valence-electron chi connectivity index (χ3n) is 2.84. The molecule has 2 aromatic rings. The minimum Gasteiger partial charge on any atom is -0.491 e. The molecule has 112 valence electrons. The molecule has 0 heterocycles. The zero-order chi connectivity index (χ0) is 15.1. The number of methoxy groups -OCH3 is 1. The minimum atomic E-state index is 0.551. The average molecular weight is 326 g/mol. The lowest BCUT2D eigenvalue weighted by Crippen LogP contribution is -2.04. The molecule has 5 heteroatoms. The van der Waals surface area contributed by atoms with Crippen LogP contribution in [-0.4, -0.2) is 20.3 Å². The van der Waals surface area contributed by atoms with E-state index < -0.39 is 0 Å². The standard InChI is InChI=1S/C16H17Cl2NO2/c1-20-6-7-21-16-4-2-12(3-5-16)11-19-15-9-13(17)8-14(18)10-15/h2-5,8-10,19H,6-7,11H2,1H3. The Morgan fingerprint density at radius 2 is 1.62 bits per heavy atom. The van der Waals surface area contributed by atoms with Gasteiger partial charge in [-0.05, 0) is 35.9 Å². The van der Waals surface area contributed by atoms with E-state index in [2.05, 4.69) is 5.32 Å². The summed E-state index contributed by atoms with van der Waals surface area (Å²) in [7, 11) is 1.65. The number of ether oxygens (including phenoxy) is 2. The monoisotopic (exact) mass is 325 g/mol. The van der Waals surface area contributed by atoms with Gasteiger partial charge in [0, 0.05) is 29.4 Å². The SMILES string of the molecule is COCCOc1ccc(CNc2cc(Cl)cc(Cl)c2)cc1. The van der Waals surface area contributed by atoms with Crippen molar-refractivity contribution in [3.63, 3.8) is 0 Å². The molecule has 21 heavy (non-hydrogen) atoms. The summed E-state index contributed by atoms with van der Waals surface area (Å²) < 4.78 is 10.5. The molecule has 0 radical (unpaired) electrons. The lowest BCUT2D eigenvalue weighted by atomic mass is 10.2. The first-order valence-electron chi connectivity index (χ1n) is 6.58. The summed E-state index contributed by atoms with van der Waals surface area (Å²) in [5.41, 5.74) is 2.04. The van der Waals surface area contributed by atoms with E-state index in [9.17, 15) is 0 Å². The molecule has 0 aromatic heterocycles. The first-order valence-corrected chi connectivity index (χ1v) is 7.33. The van der Waals surface area contributed by atoms with Gasteiger partial charge in [0.2, 0.25) is 0 Å². The molecule has 0 atom stereocenters. The van der Waals surface area contributed by atoms with Crippen molar-refractivity contribution in [2.24, 2.45) is 0 Å². The Morgan fingerprint density at radius 1 is 0.952 bits per heavy atom. The van der Waals surface area contributed by atoms with Crippen LogP contribution in [0.25, 0.3) is 0 Å². The average Bonchev–Trinajstić information content (AvgIpc) is 2.46. The quantitative estimate of drug-likeness (QED) is 0.753. The van der Waals surface area contributed by atoms with Crippen molar-refractivity contribution in [3.8, 4) is 5.75 Å². The third kappa shape index (κ3) is 5.46. The van der Waals surface area contributed by atoms with Crippen LogP contribution >= 0.6 is 23.2 Å². The molecule has 2 aromatic carbocycles. The fraction of sp³-hybridized carbons (Fsp3) is 0.250. The molecule has 0 spiro atoms. The van der Waals surface area contributed by atoms with E-state index >= 15 is 0 Å². The van der Waals surface area contributed by atoms with Crippen LogP contribution in [0.5, 0.6) is 5.75 Å². The molecule has 2 rings (SSSR count). The van der Waals surface area contributed by atoms with Crippen LogP contribution in [0.15, 0.2) is 42.5 Å². The van der Waals surface area contributed by atoms with Gasteiger partial charge in [0.15, 0.2) is 0 Å². The van der Waals surface area contributed by atoms with Gasteiger partial charge in [0.25, 0.3) is 0 Å². The Balaban J connectivity index is 1.88. The second-order valence-electron chi connectivity index (χ2n) is 4.50. The van der Waals surface area contributed by atoms with Gasteiger partial charge in [-0.2, -0.15) is 0 Å². The van der Waals surface area contributed by atoms with Gasteiger partial charge in [-0.15, -0.1) is 0 Å². The Morgan fingerprint density at radius 3 is 2.24 bits per heavy atom. The van der Waals surface area contributed by atoms with E-state index in [1.54, 1.807) is 13.2 Å². The summed E-state index contributed by atoms with van der Waals surface area (Å²) in [6.45, 7) is 1.82. The molecule has 0 saturated carbocycles. The number of benzene rings is 2. The highest BCUT2D eigenvalue weighted by Gasteiger charge is 1.99. The van der Waals surface area contributed by atoms with E-state index in [0.29, 0.717) is 29.8 Å². The summed E-state index contributed by atoms with van der Waals surface area (Å²) in [4.78, 5) is 0. The molecule has 0 fully saturated rings. The number of halogens is 2. The van der Waals surface area contributed by atoms with Gasteiger partial charge in [-0.25, -0.2) is 0 Å². The molecule has 1 N–H and O–H groups in total. The highest BCUT2D eigenvalue weighted by molar-refractivity contribution is 6.35. The van der Waals surface area contributed by atoms with Crippen molar-refractivity contribution in [2.45, 2.75) is 6.54 Å². The normalized spacial score (nSPS) is 10.4. The topological polar surface area (TPSA) is 30.5 Å². The summed E-state index contributed by atoms with van der Waals surface area (Å²) in [6.07, 6.45) is 0. The van der Waals surface area contributed by atoms with Crippen LogP contribution in [0.1, 0.15) is 5.56 Å². The first-order chi connectivity index (χ1) is 10.2. The summed E-state index contributed by atoms with van der Waals surface area (Å²) >= 11 is 11.9. The van der Waals surface area contributed by atoms with Crippen molar-refractivity contribution in [1.82, 2.24) is 0 Å². The maximum absolute atomic E-state index is 5.96. The van der Waals surface area contributed by atoms with E-state index in [1.807, 2.05) is 36.4 Å². The predicted molar refractivity (Wildman–Crippen MR) is 87.6 cm³/mol. The fourth-order valence-electron chi connectivity index (χ4n) is 1.81. The Kier molecular flexibility index (Phi) is 6.18. The second kappa shape index (κ2) is 8.13. The summed E-state index contributed by atoms with van der Waals surface area (Å²) in [5.74, 6) is 0.835. The smallest absolute Gasteiger partial charge is 0.119 e. The lowest BCUT2D eigenvalue weighted by Gasteiger charge is -2.09. The third-order valence-corrected chi connectivity index (χ3v) is 3.28. The number of rotatable bonds is 7. The molecule has 3 nitrogen and oxygen atoms in total. The van der Waals surface area contributed by atoms with Crippen molar-refractivity contribution < 1.29 is 9.47 Å². The summed E-state index contributed by atoms with van der Waals surface area (Å²) in [6, 6.07) is 13.3. The molecule has 0 unspecified atom stereocenters. The zero-order valence-corrected chi connectivity index (χ0v) is 13.2. The number of nitrogens with one attached hydrogen (secondary N) is 1. The Hall–Kier alpha value is -1.42. The Labute approximate surface area is 134 Å². The molecule has 0 saturated heterocycles. The maximum atomic E-state index is 5.96. The predicted octanol–water partition coefficient (Wildman–Crippen LogP) is 4.63. The lowest BCUT2D eigenvalue weighted by molar-refractivity contribution is 0.146. The molecule has 0 aliphatic carbocycles. The van der Waals surface area contributed by atoms with E-state index in [0.717, 1.165) is 17.0 Å². The molecule has 0 bridgehead atoms. The van der Waals surface area contributed by atoms with Crippen molar-refractivity contribution in [3.05, 3.63) is 58.1 Å². The van der Waals surface area contributed by atoms with Gasteiger partial charge in [0.05, 0.1) is 6.61 Å².